The minimum Gasteiger partial charge on any atom is -0.323 e. The summed E-state index contributed by atoms with van der Waals surface area (Å²) in [4.78, 5) is 30.9. The summed E-state index contributed by atoms with van der Waals surface area (Å²) in [6, 6.07) is 15.9. The Morgan fingerprint density at radius 3 is 2.61 bits per heavy atom. The van der Waals surface area contributed by atoms with Gasteiger partial charge < -0.3 is 5.32 Å². The minimum absolute atomic E-state index is 0.244. The van der Waals surface area contributed by atoms with Crippen LogP contribution in [0.1, 0.15) is 13.0 Å². The van der Waals surface area contributed by atoms with Gasteiger partial charge in [-0.2, -0.15) is 0 Å². The van der Waals surface area contributed by atoms with E-state index in [1.54, 1.807) is 31.2 Å². The zero-order valence-corrected chi connectivity index (χ0v) is 16.5. The van der Waals surface area contributed by atoms with E-state index in [1.165, 1.54) is 22.2 Å². The SMILES string of the molecule is CC(C(=O)Nc1ccccc1Cl)n1cnc2scc(-c3ccccc3)c2c1=O. The highest BCUT2D eigenvalue weighted by Crippen LogP contribution is 2.30. The highest BCUT2D eigenvalue weighted by molar-refractivity contribution is 7.17. The van der Waals surface area contributed by atoms with E-state index >= 15 is 0 Å². The number of carbonyl (C=O) groups is 1. The molecule has 1 atom stereocenters. The number of thiophene rings is 1. The Bertz CT molecular complexity index is 1220. The molecule has 0 aliphatic rings. The number of amides is 1. The number of para-hydroxylation sites is 1. The summed E-state index contributed by atoms with van der Waals surface area (Å²) < 4.78 is 1.35. The van der Waals surface area contributed by atoms with Gasteiger partial charge in [-0.1, -0.05) is 54.1 Å². The van der Waals surface area contributed by atoms with Crippen molar-refractivity contribution in [1.29, 1.82) is 0 Å². The van der Waals surface area contributed by atoms with Crippen LogP contribution in [0.25, 0.3) is 21.3 Å². The smallest absolute Gasteiger partial charge is 0.263 e. The average molecular weight is 410 g/mol. The van der Waals surface area contributed by atoms with Crippen molar-refractivity contribution in [2.75, 3.05) is 5.32 Å². The lowest BCUT2D eigenvalue weighted by Gasteiger charge is -2.15. The second kappa shape index (κ2) is 7.58. The van der Waals surface area contributed by atoms with Crippen molar-refractivity contribution >= 4 is 44.7 Å². The van der Waals surface area contributed by atoms with Crippen LogP contribution in [0.3, 0.4) is 0 Å². The molecule has 1 amide bonds. The molecule has 5 nitrogen and oxygen atoms in total. The van der Waals surface area contributed by atoms with Gasteiger partial charge in [0.25, 0.3) is 5.56 Å². The lowest BCUT2D eigenvalue weighted by molar-refractivity contribution is -0.118. The van der Waals surface area contributed by atoms with Crippen LogP contribution in [-0.4, -0.2) is 15.5 Å². The molecule has 0 spiro atoms. The maximum atomic E-state index is 13.2. The van der Waals surface area contributed by atoms with Gasteiger partial charge in [-0.05, 0) is 24.6 Å². The fourth-order valence-corrected chi connectivity index (χ4v) is 4.07. The van der Waals surface area contributed by atoms with Crippen molar-refractivity contribution in [1.82, 2.24) is 9.55 Å². The summed E-state index contributed by atoms with van der Waals surface area (Å²) in [7, 11) is 0. The molecular weight excluding hydrogens is 394 g/mol. The lowest BCUT2D eigenvalue weighted by Crippen LogP contribution is -2.31. The van der Waals surface area contributed by atoms with Crippen LogP contribution in [0.5, 0.6) is 0 Å². The average Bonchev–Trinajstić information content (AvgIpc) is 3.15. The van der Waals surface area contributed by atoms with Crippen molar-refractivity contribution in [3.63, 3.8) is 0 Å². The summed E-state index contributed by atoms with van der Waals surface area (Å²) in [5.74, 6) is -0.340. The number of nitrogens with zero attached hydrogens (tertiary/aromatic N) is 2. The van der Waals surface area contributed by atoms with Gasteiger partial charge in [-0.15, -0.1) is 11.3 Å². The Morgan fingerprint density at radius 1 is 1.14 bits per heavy atom. The van der Waals surface area contributed by atoms with Gasteiger partial charge >= 0.3 is 0 Å². The van der Waals surface area contributed by atoms with Crippen LogP contribution in [0, 0.1) is 0 Å². The molecule has 4 aromatic rings. The third kappa shape index (κ3) is 3.32. The molecule has 0 aliphatic heterocycles. The monoisotopic (exact) mass is 409 g/mol. The molecule has 4 rings (SSSR count). The van der Waals surface area contributed by atoms with E-state index in [9.17, 15) is 9.59 Å². The minimum atomic E-state index is -0.746. The van der Waals surface area contributed by atoms with Crippen LogP contribution in [0.4, 0.5) is 5.69 Å². The molecule has 0 radical (unpaired) electrons. The van der Waals surface area contributed by atoms with Crippen molar-refractivity contribution in [2.45, 2.75) is 13.0 Å². The number of benzene rings is 2. The fraction of sp³-hybridized carbons (Fsp3) is 0.0952. The van der Waals surface area contributed by atoms with Crippen LogP contribution in [-0.2, 0) is 4.79 Å². The molecule has 0 bridgehead atoms. The predicted octanol–water partition coefficient (Wildman–Crippen LogP) is 4.98. The summed E-state index contributed by atoms with van der Waals surface area (Å²) >= 11 is 7.52. The number of carbonyl (C=O) groups excluding carboxylic acids is 1. The van der Waals surface area contributed by atoms with Crippen molar-refractivity contribution in [2.24, 2.45) is 0 Å². The lowest BCUT2D eigenvalue weighted by atomic mass is 10.1. The van der Waals surface area contributed by atoms with Gasteiger partial charge in [0, 0.05) is 10.9 Å². The zero-order valence-electron chi connectivity index (χ0n) is 14.9. The first-order valence-corrected chi connectivity index (χ1v) is 9.91. The molecule has 1 N–H and O–H groups in total. The first-order chi connectivity index (χ1) is 13.6. The summed E-state index contributed by atoms with van der Waals surface area (Å²) in [6.45, 7) is 1.66. The molecule has 2 heterocycles. The van der Waals surface area contributed by atoms with E-state index in [2.05, 4.69) is 10.3 Å². The number of halogens is 1. The number of anilines is 1. The Balaban J connectivity index is 1.73. The largest absolute Gasteiger partial charge is 0.323 e. The van der Waals surface area contributed by atoms with Gasteiger partial charge in [-0.3, -0.25) is 14.2 Å². The van der Waals surface area contributed by atoms with E-state index in [0.717, 1.165) is 11.1 Å². The summed E-state index contributed by atoms with van der Waals surface area (Å²) in [6.07, 6.45) is 1.42. The highest BCUT2D eigenvalue weighted by atomic mass is 35.5. The number of rotatable bonds is 4. The Morgan fingerprint density at radius 2 is 1.86 bits per heavy atom. The maximum Gasteiger partial charge on any atom is 0.263 e. The van der Waals surface area contributed by atoms with Crippen LogP contribution in [0.15, 0.2) is 71.1 Å². The van der Waals surface area contributed by atoms with Crippen LogP contribution < -0.4 is 10.9 Å². The molecule has 0 saturated carbocycles. The maximum absolute atomic E-state index is 13.2. The van der Waals surface area contributed by atoms with Crippen LogP contribution >= 0.6 is 22.9 Å². The molecule has 140 valence electrons. The van der Waals surface area contributed by atoms with Gasteiger partial charge in [0.1, 0.15) is 10.9 Å². The van der Waals surface area contributed by atoms with Gasteiger partial charge in [-0.25, -0.2) is 4.98 Å². The normalized spacial score (nSPS) is 12.1. The molecule has 2 aromatic heterocycles. The van der Waals surface area contributed by atoms with Gasteiger partial charge in [0.15, 0.2) is 0 Å². The van der Waals surface area contributed by atoms with Crippen molar-refractivity contribution in [3.8, 4) is 11.1 Å². The Kier molecular flexibility index (Phi) is 4.98. The van der Waals surface area contributed by atoms with E-state index in [0.29, 0.717) is 20.9 Å². The first-order valence-electron chi connectivity index (χ1n) is 8.65. The molecule has 0 saturated heterocycles. The van der Waals surface area contributed by atoms with E-state index in [4.69, 9.17) is 11.6 Å². The highest BCUT2D eigenvalue weighted by Gasteiger charge is 2.20. The fourth-order valence-electron chi connectivity index (χ4n) is 2.98. The topological polar surface area (TPSA) is 64.0 Å². The Hall–Kier alpha value is -2.96. The summed E-state index contributed by atoms with van der Waals surface area (Å²) in [5, 5.41) is 5.65. The first kappa shape index (κ1) is 18.4. The van der Waals surface area contributed by atoms with Crippen molar-refractivity contribution in [3.05, 3.63) is 81.7 Å². The van der Waals surface area contributed by atoms with Crippen molar-refractivity contribution < 1.29 is 4.79 Å². The molecule has 0 aliphatic carbocycles. The number of hydrogen-bond acceptors (Lipinski definition) is 4. The number of fused-ring (bicyclic) bond motifs is 1. The summed E-state index contributed by atoms with van der Waals surface area (Å²) in [5.41, 5.74) is 2.03. The van der Waals surface area contributed by atoms with E-state index in [1.807, 2.05) is 35.7 Å². The zero-order chi connectivity index (χ0) is 19.7. The third-order valence-electron chi connectivity index (χ3n) is 4.53. The molecular formula is C21H16ClN3O2S. The quantitative estimate of drug-likeness (QED) is 0.517. The number of hydrogen-bond donors (Lipinski definition) is 1. The van der Waals surface area contributed by atoms with Gasteiger partial charge in [0.05, 0.1) is 22.4 Å². The van der Waals surface area contributed by atoms with Gasteiger partial charge in [0.2, 0.25) is 5.91 Å². The predicted molar refractivity (Wildman–Crippen MR) is 114 cm³/mol. The molecule has 28 heavy (non-hydrogen) atoms. The second-order valence-corrected chi connectivity index (χ2v) is 7.56. The number of nitrogens with one attached hydrogen (secondary N) is 1. The number of aromatic nitrogens is 2. The molecule has 0 fully saturated rings. The molecule has 2 aromatic carbocycles. The molecule has 7 heteroatoms. The van der Waals surface area contributed by atoms with E-state index in [-0.39, 0.29) is 11.5 Å². The third-order valence-corrected chi connectivity index (χ3v) is 5.75. The standard InChI is InChI=1S/C21H16ClN3O2S/c1-13(19(26)24-17-10-6-5-9-16(17)22)25-12-23-20-18(21(25)27)15(11-28-20)14-7-3-2-4-8-14/h2-13H,1H3,(H,24,26). The second-order valence-electron chi connectivity index (χ2n) is 6.30. The van der Waals surface area contributed by atoms with E-state index < -0.39 is 6.04 Å². The Labute approximate surface area is 170 Å². The molecule has 1 unspecified atom stereocenters. The van der Waals surface area contributed by atoms with Crippen LogP contribution in [0.2, 0.25) is 5.02 Å².